The smallest absolute Gasteiger partial charge is 0.232 e. The number of hydrogen-bond acceptors (Lipinski definition) is 4. The van der Waals surface area contributed by atoms with E-state index in [0.29, 0.717) is 11.8 Å². The molecule has 0 spiro atoms. The van der Waals surface area contributed by atoms with Crippen molar-refractivity contribution in [1.82, 2.24) is 10.1 Å². The first-order valence-corrected chi connectivity index (χ1v) is 7.86. The molecule has 2 unspecified atom stereocenters. The van der Waals surface area contributed by atoms with E-state index < -0.39 is 0 Å². The van der Waals surface area contributed by atoms with Gasteiger partial charge in [-0.05, 0) is 32.1 Å². The molecule has 0 amide bonds. The Morgan fingerprint density at radius 2 is 1.63 bits per heavy atom. The highest BCUT2D eigenvalue weighted by Gasteiger charge is 2.32. The third-order valence-corrected chi connectivity index (χ3v) is 4.72. The number of aromatic nitrogens is 2. The molecule has 2 aliphatic carbocycles. The fraction of sp³-hybridized carbons (Fsp3) is 0.867. The van der Waals surface area contributed by atoms with Crippen LogP contribution >= 0.6 is 0 Å². The minimum absolute atomic E-state index is 0.0785. The zero-order valence-electron chi connectivity index (χ0n) is 11.6. The Morgan fingerprint density at radius 1 is 0.895 bits per heavy atom. The van der Waals surface area contributed by atoms with Crippen LogP contribution in [0.3, 0.4) is 0 Å². The Bertz CT molecular complexity index is 397. The van der Waals surface area contributed by atoms with Gasteiger partial charge in [-0.3, -0.25) is 0 Å². The minimum atomic E-state index is -0.286. The van der Waals surface area contributed by atoms with Crippen molar-refractivity contribution >= 4 is 0 Å². The van der Waals surface area contributed by atoms with E-state index in [1.54, 1.807) is 0 Å². The second-order valence-electron chi connectivity index (χ2n) is 6.14. The third-order valence-electron chi connectivity index (χ3n) is 4.72. The Kier molecular flexibility index (Phi) is 4.16. The molecule has 1 aromatic rings. The molecule has 0 saturated heterocycles. The van der Waals surface area contributed by atoms with Crippen LogP contribution in [-0.4, -0.2) is 21.4 Å². The molecule has 1 aromatic heterocycles. The lowest BCUT2D eigenvalue weighted by Crippen LogP contribution is -2.11. The van der Waals surface area contributed by atoms with Crippen LogP contribution in [0.4, 0.5) is 0 Å². The fourth-order valence-corrected chi connectivity index (χ4v) is 3.51. The Morgan fingerprint density at radius 3 is 2.32 bits per heavy atom. The van der Waals surface area contributed by atoms with Crippen molar-refractivity contribution < 1.29 is 9.63 Å². The molecule has 1 N–H and O–H groups in total. The summed E-state index contributed by atoms with van der Waals surface area (Å²) in [4.78, 5) is 4.60. The van der Waals surface area contributed by atoms with E-state index in [9.17, 15) is 5.11 Å². The van der Waals surface area contributed by atoms with E-state index in [0.717, 1.165) is 25.1 Å². The van der Waals surface area contributed by atoms with E-state index in [-0.39, 0.29) is 12.0 Å². The van der Waals surface area contributed by atoms with Crippen LogP contribution in [-0.2, 0) is 0 Å². The van der Waals surface area contributed by atoms with Crippen molar-refractivity contribution in [2.45, 2.75) is 82.1 Å². The fourth-order valence-electron chi connectivity index (χ4n) is 3.51. The molecular formula is C15H24N2O2. The van der Waals surface area contributed by atoms with E-state index >= 15 is 0 Å². The second kappa shape index (κ2) is 6.04. The molecule has 2 fully saturated rings. The van der Waals surface area contributed by atoms with Crippen molar-refractivity contribution in [1.29, 1.82) is 0 Å². The van der Waals surface area contributed by atoms with E-state index in [1.807, 2.05) is 0 Å². The topological polar surface area (TPSA) is 59.2 Å². The molecule has 106 valence electrons. The molecule has 0 radical (unpaired) electrons. The van der Waals surface area contributed by atoms with Crippen LogP contribution in [0.5, 0.6) is 0 Å². The molecule has 3 rings (SSSR count). The van der Waals surface area contributed by atoms with Crippen molar-refractivity contribution in [3.05, 3.63) is 11.7 Å². The zero-order chi connectivity index (χ0) is 13.1. The molecule has 19 heavy (non-hydrogen) atoms. The molecule has 0 aliphatic heterocycles. The van der Waals surface area contributed by atoms with Gasteiger partial charge in [0.25, 0.3) is 0 Å². The normalized spacial score (nSPS) is 30.2. The first-order chi connectivity index (χ1) is 9.34. The van der Waals surface area contributed by atoms with E-state index in [4.69, 9.17) is 4.52 Å². The summed E-state index contributed by atoms with van der Waals surface area (Å²) in [6.45, 7) is 0. The van der Waals surface area contributed by atoms with Crippen LogP contribution in [0, 0.1) is 0 Å². The minimum Gasteiger partial charge on any atom is -0.392 e. The number of nitrogens with zero attached hydrogens (tertiary/aromatic N) is 2. The van der Waals surface area contributed by atoms with Crippen LogP contribution < -0.4 is 0 Å². The van der Waals surface area contributed by atoms with Gasteiger partial charge in [-0.1, -0.05) is 37.3 Å². The van der Waals surface area contributed by atoms with Crippen molar-refractivity contribution in [2.75, 3.05) is 0 Å². The quantitative estimate of drug-likeness (QED) is 0.887. The molecule has 2 saturated carbocycles. The Balaban J connectivity index is 1.69. The highest BCUT2D eigenvalue weighted by molar-refractivity contribution is 5.03. The maximum absolute atomic E-state index is 9.92. The summed E-state index contributed by atoms with van der Waals surface area (Å²) in [5.74, 6) is 2.10. The van der Waals surface area contributed by atoms with Crippen LogP contribution in [0.15, 0.2) is 4.52 Å². The van der Waals surface area contributed by atoms with E-state index in [2.05, 4.69) is 10.1 Å². The molecule has 0 aromatic carbocycles. The highest BCUT2D eigenvalue weighted by Crippen LogP contribution is 2.35. The van der Waals surface area contributed by atoms with Crippen molar-refractivity contribution in [3.63, 3.8) is 0 Å². The van der Waals surface area contributed by atoms with Gasteiger partial charge in [0.15, 0.2) is 5.82 Å². The van der Waals surface area contributed by atoms with Gasteiger partial charge in [0.1, 0.15) is 0 Å². The van der Waals surface area contributed by atoms with Gasteiger partial charge in [-0.25, -0.2) is 0 Å². The van der Waals surface area contributed by atoms with Gasteiger partial charge in [-0.15, -0.1) is 0 Å². The van der Waals surface area contributed by atoms with Gasteiger partial charge in [-0.2, -0.15) is 4.98 Å². The molecule has 4 heteroatoms. The first kappa shape index (κ1) is 13.1. The number of hydrogen-bond donors (Lipinski definition) is 1. The lowest BCUT2D eigenvalue weighted by molar-refractivity contribution is 0.148. The number of aliphatic hydroxyl groups is 1. The first-order valence-electron chi connectivity index (χ1n) is 7.86. The number of aliphatic hydroxyl groups excluding tert-OH is 1. The Labute approximate surface area is 114 Å². The summed E-state index contributed by atoms with van der Waals surface area (Å²) >= 11 is 0. The van der Waals surface area contributed by atoms with E-state index in [1.165, 1.54) is 44.9 Å². The highest BCUT2D eigenvalue weighted by atomic mass is 16.5. The van der Waals surface area contributed by atoms with Gasteiger partial charge < -0.3 is 9.63 Å². The summed E-state index contributed by atoms with van der Waals surface area (Å²) in [5, 5.41) is 14.1. The summed E-state index contributed by atoms with van der Waals surface area (Å²) in [5.41, 5.74) is 0. The van der Waals surface area contributed by atoms with Gasteiger partial charge in [0, 0.05) is 5.92 Å². The SMILES string of the molecule is OC1CCCC1c1nc(C2CCCCCCC2)no1. The van der Waals surface area contributed by atoms with Crippen molar-refractivity contribution in [3.8, 4) is 0 Å². The molecule has 0 bridgehead atoms. The van der Waals surface area contributed by atoms with Gasteiger partial charge in [0.2, 0.25) is 5.89 Å². The average molecular weight is 264 g/mol. The summed E-state index contributed by atoms with van der Waals surface area (Å²) in [6.07, 6.45) is 11.6. The predicted octanol–water partition coefficient (Wildman–Crippen LogP) is 3.53. The maximum Gasteiger partial charge on any atom is 0.232 e. The predicted molar refractivity (Wildman–Crippen MR) is 72.0 cm³/mol. The summed E-state index contributed by atoms with van der Waals surface area (Å²) < 4.78 is 5.42. The average Bonchev–Trinajstić information content (AvgIpc) is 2.97. The van der Waals surface area contributed by atoms with Crippen LogP contribution in [0.2, 0.25) is 0 Å². The molecule has 2 atom stereocenters. The Hall–Kier alpha value is -0.900. The number of rotatable bonds is 2. The van der Waals surface area contributed by atoms with Gasteiger partial charge >= 0.3 is 0 Å². The van der Waals surface area contributed by atoms with Crippen LogP contribution in [0.1, 0.15) is 87.8 Å². The molecule has 2 aliphatic rings. The summed E-state index contributed by atoms with van der Waals surface area (Å²) in [6, 6.07) is 0. The second-order valence-corrected chi connectivity index (χ2v) is 6.14. The molecular weight excluding hydrogens is 240 g/mol. The maximum atomic E-state index is 9.92. The van der Waals surface area contributed by atoms with Gasteiger partial charge in [0.05, 0.1) is 12.0 Å². The summed E-state index contributed by atoms with van der Waals surface area (Å²) in [7, 11) is 0. The van der Waals surface area contributed by atoms with Crippen molar-refractivity contribution in [2.24, 2.45) is 0 Å². The largest absolute Gasteiger partial charge is 0.392 e. The molecule has 4 nitrogen and oxygen atoms in total. The molecule has 1 heterocycles. The van der Waals surface area contributed by atoms with Crippen LogP contribution in [0.25, 0.3) is 0 Å². The third kappa shape index (κ3) is 2.99. The standard InChI is InChI=1S/C15H24N2O2/c18-13-10-6-9-12(13)15-16-14(17-19-15)11-7-4-2-1-3-5-8-11/h11-13,18H,1-10H2. The lowest BCUT2D eigenvalue weighted by Gasteiger charge is -2.16. The monoisotopic (exact) mass is 264 g/mol. The zero-order valence-corrected chi connectivity index (χ0v) is 11.6. The lowest BCUT2D eigenvalue weighted by atomic mass is 9.91.